The summed E-state index contributed by atoms with van der Waals surface area (Å²) in [6, 6.07) is 2.06. The van der Waals surface area contributed by atoms with E-state index in [9.17, 15) is 4.79 Å². The maximum Gasteiger partial charge on any atom is 0.218 e. The molecular formula is C14H18N6O. The van der Waals surface area contributed by atoms with Crippen LogP contribution in [0.3, 0.4) is 0 Å². The van der Waals surface area contributed by atoms with Gasteiger partial charge in [-0.1, -0.05) is 5.21 Å². The number of carbonyl (C=O) groups is 1. The number of anilines is 1. The fourth-order valence-corrected chi connectivity index (χ4v) is 2.63. The summed E-state index contributed by atoms with van der Waals surface area (Å²) in [6.45, 7) is 3.76. The number of hydrogen-bond donors (Lipinski definition) is 2. The summed E-state index contributed by atoms with van der Waals surface area (Å²) in [5.41, 5.74) is 7.34. The standard InChI is InChI=1S/C14H18N6O/c1-9-2-7-17-14(15)12(9)13(21)11-8-20(19-18-11)10-3-5-16-6-4-10/h2,7-8,10,16H,3-6H2,1H3,(H2,15,17). The van der Waals surface area contributed by atoms with E-state index in [0.29, 0.717) is 17.3 Å². The normalized spacial score (nSPS) is 16.0. The molecule has 0 unspecified atom stereocenters. The Labute approximate surface area is 122 Å². The third-order valence-corrected chi connectivity index (χ3v) is 3.84. The summed E-state index contributed by atoms with van der Waals surface area (Å²) in [6.07, 6.45) is 5.29. The number of aryl methyl sites for hydroxylation is 1. The van der Waals surface area contributed by atoms with Crippen molar-refractivity contribution in [2.75, 3.05) is 18.8 Å². The second-order valence-electron chi connectivity index (χ2n) is 5.28. The summed E-state index contributed by atoms with van der Waals surface area (Å²) in [5.74, 6) is 0.00898. The minimum Gasteiger partial charge on any atom is -0.383 e. The van der Waals surface area contributed by atoms with Crippen molar-refractivity contribution in [1.29, 1.82) is 0 Å². The predicted octanol–water partition coefficient (Wildman–Crippen LogP) is 0.719. The molecular weight excluding hydrogens is 268 g/mol. The van der Waals surface area contributed by atoms with Gasteiger partial charge in [0.2, 0.25) is 5.78 Å². The van der Waals surface area contributed by atoms with Crippen LogP contribution in [0.2, 0.25) is 0 Å². The van der Waals surface area contributed by atoms with Crippen molar-refractivity contribution in [3.05, 3.63) is 35.3 Å². The van der Waals surface area contributed by atoms with Gasteiger partial charge < -0.3 is 11.1 Å². The van der Waals surface area contributed by atoms with Crippen LogP contribution in [0.5, 0.6) is 0 Å². The first-order chi connectivity index (χ1) is 10.2. The third kappa shape index (κ3) is 2.64. The lowest BCUT2D eigenvalue weighted by atomic mass is 10.0. The van der Waals surface area contributed by atoms with Crippen LogP contribution < -0.4 is 11.1 Å². The van der Waals surface area contributed by atoms with E-state index in [-0.39, 0.29) is 11.6 Å². The van der Waals surface area contributed by atoms with Crippen molar-refractivity contribution in [3.8, 4) is 0 Å². The Balaban J connectivity index is 1.87. The van der Waals surface area contributed by atoms with Gasteiger partial charge in [0, 0.05) is 6.20 Å². The number of carbonyl (C=O) groups excluding carboxylic acids is 1. The fourth-order valence-electron chi connectivity index (χ4n) is 2.63. The summed E-state index contributed by atoms with van der Waals surface area (Å²) in [4.78, 5) is 16.5. The molecule has 1 saturated heterocycles. The van der Waals surface area contributed by atoms with Crippen LogP contribution >= 0.6 is 0 Å². The molecule has 0 amide bonds. The summed E-state index contributed by atoms with van der Waals surface area (Å²) < 4.78 is 1.79. The number of nitrogens with one attached hydrogen (secondary N) is 1. The number of nitrogen functional groups attached to an aromatic ring is 1. The average Bonchev–Trinajstić information content (AvgIpc) is 2.97. The Bertz CT molecular complexity index is 639. The highest BCUT2D eigenvalue weighted by atomic mass is 16.1. The van der Waals surface area contributed by atoms with Crippen molar-refractivity contribution in [3.63, 3.8) is 0 Å². The largest absolute Gasteiger partial charge is 0.383 e. The summed E-state index contributed by atoms with van der Waals surface area (Å²) in [5, 5.41) is 11.4. The molecule has 0 saturated carbocycles. The number of hydrogen-bond acceptors (Lipinski definition) is 6. The van der Waals surface area contributed by atoms with Gasteiger partial charge in [-0.25, -0.2) is 9.67 Å². The van der Waals surface area contributed by atoms with Crippen LogP contribution in [0.4, 0.5) is 5.82 Å². The minimum atomic E-state index is -0.224. The third-order valence-electron chi connectivity index (χ3n) is 3.84. The molecule has 21 heavy (non-hydrogen) atoms. The lowest BCUT2D eigenvalue weighted by Gasteiger charge is -2.22. The highest BCUT2D eigenvalue weighted by Crippen LogP contribution is 2.20. The Hall–Kier alpha value is -2.28. The van der Waals surface area contributed by atoms with E-state index in [4.69, 9.17) is 5.73 Å². The van der Waals surface area contributed by atoms with E-state index in [0.717, 1.165) is 31.5 Å². The molecule has 0 radical (unpaired) electrons. The molecule has 0 aliphatic carbocycles. The zero-order valence-corrected chi connectivity index (χ0v) is 11.9. The van der Waals surface area contributed by atoms with Crippen molar-refractivity contribution in [2.45, 2.75) is 25.8 Å². The molecule has 7 heteroatoms. The molecule has 2 aromatic heterocycles. The van der Waals surface area contributed by atoms with Crippen molar-refractivity contribution >= 4 is 11.6 Å². The van der Waals surface area contributed by atoms with Gasteiger partial charge in [0.15, 0.2) is 5.69 Å². The Morgan fingerprint density at radius 3 is 2.90 bits per heavy atom. The first-order valence-corrected chi connectivity index (χ1v) is 7.05. The van der Waals surface area contributed by atoms with Crippen molar-refractivity contribution in [2.24, 2.45) is 0 Å². The second-order valence-corrected chi connectivity index (χ2v) is 5.28. The molecule has 0 aromatic carbocycles. The lowest BCUT2D eigenvalue weighted by molar-refractivity contribution is 0.103. The maximum absolute atomic E-state index is 12.5. The molecule has 1 aliphatic heterocycles. The Morgan fingerprint density at radius 2 is 2.19 bits per heavy atom. The molecule has 3 heterocycles. The van der Waals surface area contributed by atoms with E-state index >= 15 is 0 Å². The number of nitrogens with zero attached hydrogens (tertiary/aromatic N) is 4. The van der Waals surface area contributed by atoms with Crippen LogP contribution in [0, 0.1) is 6.92 Å². The molecule has 1 aliphatic rings. The van der Waals surface area contributed by atoms with Crippen LogP contribution in [0.15, 0.2) is 18.5 Å². The number of aromatic nitrogens is 4. The summed E-state index contributed by atoms with van der Waals surface area (Å²) in [7, 11) is 0. The molecule has 0 spiro atoms. The van der Waals surface area contributed by atoms with E-state index < -0.39 is 0 Å². The zero-order valence-electron chi connectivity index (χ0n) is 11.9. The molecule has 110 valence electrons. The van der Waals surface area contributed by atoms with Gasteiger partial charge in [-0.3, -0.25) is 4.79 Å². The second kappa shape index (κ2) is 5.61. The first-order valence-electron chi connectivity index (χ1n) is 7.05. The zero-order chi connectivity index (χ0) is 14.8. The molecule has 3 N–H and O–H groups in total. The topological polar surface area (TPSA) is 98.7 Å². The van der Waals surface area contributed by atoms with E-state index in [1.54, 1.807) is 23.1 Å². The number of piperidine rings is 1. The smallest absolute Gasteiger partial charge is 0.218 e. The van der Waals surface area contributed by atoms with Gasteiger partial charge in [-0.2, -0.15) is 0 Å². The number of nitrogens with two attached hydrogens (primary N) is 1. The van der Waals surface area contributed by atoms with Crippen molar-refractivity contribution in [1.82, 2.24) is 25.3 Å². The minimum absolute atomic E-state index is 0.224. The molecule has 0 atom stereocenters. The molecule has 3 rings (SSSR count). The SMILES string of the molecule is Cc1ccnc(N)c1C(=O)c1cn(C2CCNCC2)nn1. The number of ketones is 1. The Morgan fingerprint density at radius 1 is 1.43 bits per heavy atom. The van der Waals surface area contributed by atoms with E-state index in [1.165, 1.54) is 0 Å². The first kappa shape index (κ1) is 13.7. The maximum atomic E-state index is 12.5. The van der Waals surface area contributed by atoms with Crippen LogP contribution in [0.25, 0.3) is 0 Å². The van der Waals surface area contributed by atoms with Crippen LogP contribution in [-0.4, -0.2) is 38.9 Å². The van der Waals surface area contributed by atoms with Gasteiger partial charge in [-0.05, 0) is 44.5 Å². The highest BCUT2D eigenvalue weighted by molar-refractivity contribution is 6.11. The predicted molar refractivity (Wildman–Crippen MR) is 78.0 cm³/mol. The molecule has 2 aromatic rings. The number of rotatable bonds is 3. The highest BCUT2D eigenvalue weighted by Gasteiger charge is 2.22. The van der Waals surface area contributed by atoms with Gasteiger partial charge in [-0.15, -0.1) is 5.10 Å². The van der Waals surface area contributed by atoms with E-state index in [2.05, 4.69) is 20.6 Å². The molecule has 0 bridgehead atoms. The lowest BCUT2D eigenvalue weighted by Crippen LogP contribution is -2.29. The molecule has 1 fully saturated rings. The average molecular weight is 286 g/mol. The van der Waals surface area contributed by atoms with Gasteiger partial charge in [0.05, 0.1) is 17.8 Å². The van der Waals surface area contributed by atoms with Crippen LogP contribution in [0.1, 0.15) is 40.5 Å². The van der Waals surface area contributed by atoms with Crippen LogP contribution in [-0.2, 0) is 0 Å². The number of pyridine rings is 1. The van der Waals surface area contributed by atoms with Gasteiger partial charge in [0.1, 0.15) is 5.82 Å². The quantitative estimate of drug-likeness (QED) is 0.807. The summed E-state index contributed by atoms with van der Waals surface area (Å²) >= 11 is 0. The van der Waals surface area contributed by atoms with Gasteiger partial charge in [0.25, 0.3) is 0 Å². The van der Waals surface area contributed by atoms with Crippen molar-refractivity contribution < 1.29 is 4.79 Å². The van der Waals surface area contributed by atoms with E-state index in [1.807, 2.05) is 6.92 Å². The Kier molecular flexibility index (Phi) is 3.66. The monoisotopic (exact) mass is 286 g/mol. The molecule has 7 nitrogen and oxygen atoms in total. The van der Waals surface area contributed by atoms with Gasteiger partial charge >= 0.3 is 0 Å². The fraction of sp³-hybridized carbons (Fsp3) is 0.429.